The van der Waals surface area contributed by atoms with E-state index in [1.165, 1.54) is 12.1 Å². The number of nitrogens with zero attached hydrogens (tertiary/aromatic N) is 3. The highest BCUT2D eigenvalue weighted by molar-refractivity contribution is 5.95. The van der Waals surface area contributed by atoms with E-state index in [0.29, 0.717) is 31.0 Å². The number of halogens is 1. The van der Waals surface area contributed by atoms with Gasteiger partial charge in [-0.3, -0.25) is 9.78 Å². The van der Waals surface area contributed by atoms with Gasteiger partial charge in [0.05, 0.1) is 24.3 Å². The normalized spacial score (nSPS) is 10.7. The minimum atomic E-state index is -0.305. The summed E-state index contributed by atoms with van der Waals surface area (Å²) < 4.78 is 20.6. The predicted molar refractivity (Wildman–Crippen MR) is 106 cm³/mol. The van der Waals surface area contributed by atoms with Crippen LogP contribution in [0.5, 0.6) is 5.75 Å². The molecule has 2 aromatic heterocycles. The number of aryl methyl sites for hydroxylation is 1. The van der Waals surface area contributed by atoms with Gasteiger partial charge in [-0.25, -0.2) is 4.39 Å². The number of rotatable bonds is 7. The Labute approximate surface area is 164 Å². The molecular formula is C22H24FN3O2. The molecule has 2 heterocycles. The van der Waals surface area contributed by atoms with E-state index in [4.69, 9.17) is 4.74 Å². The molecule has 0 bridgehead atoms. The summed E-state index contributed by atoms with van der Waals surface area (Å²) in [6.07, 6.45) is 1.77. The molecule has 5 nitrogen and oxygen atoms in total. The van der Waals surface area contributed by atoms with E-state index in [9.17, 15) is 9.18 Å². The van der Waals surface area contributed by atoms with Crippen molar-refractivity contribution in [1.29, 1.82) is 0 Å². The zero-order valence-electron chi connectivity index (χ0n) is 16.4. The van der Waals surface area contributed by atoms with Gasteiger partial charge in [0, 0.05) is 24.6 Å². The largest absolute Gasteiger partial charge is 0.492 e. The lowest BCUT2D eigenvalue weighted by Crippen LogP contribution is -2.31. The van der Waals surface area contributed by atoms with Gasteiger partial charge in [0.1, 0.15) is 18.2 Å². The van der Waals surface area contributed by atoms with Crippen molar-refractivity contribution in [1.82, 2.24) is 14.5 Å². The summed E-state index contributed by atoms with van der Waals surface area (Å²) in [5, 5.41) is 0. The number of aromatic nitrogens is 2. The van der Waals surface area contributed by atoms with E-state index >= 15 is 0 Å². The van der Waals surface area contributed by atoms with Crippen molar-refractivity contribution in [2.24, 2.45) is 0 Å². The monoisotopic (exact) mass is 381 g/mol. The Morgan fingerprint density at radius 3 is 2.61 bits per heavy atom. The fraction of sp³-hybridized carbons (Fsp3) is 0.273. The van der Waals surface area contributed by atoms with E-state index in [1.54, 1.807) is 30.3 Å². The molecule has 0 aliphatic carbocycles. The van der Waals surface area contributed by atoms with Gasteiger partial charge in [-0.05, 0) is 56.3 Å². The Morgan fingerprint density at radius 2 is 1.93 bits per heavy atom. The maximum atomic E-state index is 12.9. The van der Waals surface area contributed by atoms with Gasteiger partial charge in [-0.1, -0.05) is 6.07 Å². The maximum Gasteiger partial charge on any atom is 0.255 e. The first-order valence-corrected chi connectivity index (χ1v) is 9.16. The second-order valence-electron chi connectivity index (χ2n) is 6.72. The van der Waals surface area contributed by atoms with Crippen LogP contribution < -0.4 is 4.74 Å². The first kappa shape index (κ1) is 19.6. The highest BCUT2D eigenvalue weighted by Gasteiger charge is 2.19. The summed E-state index contributed by atoms with van der Waals surface area (Å²) in [5.74, 6) is 0.222. The smallest absolute Gasteiger partial charge is 0.255 e. The summed E-state index contributed by atoms with van der Waals surface area (Å²) in [5.41, 5.74) is 3.56. The molecule has 3 rings (SSSR count). The van der Waals surface area contributed by atoms with Crippen molar-refractivity contribution in [3.8, 4) is 5.75 Å². The molecule has 0 aliphatic heterocycles. The molecule has 146 valence electrons. The van der Waals surface area contributed by atoms with E-state index in [0.717, 1.165) is 17.1 Å². The van der Waals surface area contributed by atoms with Crippen molar-refractivity contribution >= 4 is 5.91 Å². The van der Waals surface area contributed by atoms with Crippen LogP contribution in [0.15, 0.2) is 54.7 Å². The molecule has 0 saturated carbocycles. The van der Waals surface area contributed by atoms with Crippen LogP contribution in [0, 0.1) is 19.7 Å². The minimum absolute atomic E-state index is 0.0527. The van der Waals surface area contributed by atoms with E-state index < -0.39 is 0 Å². The van der Waals surface area contributed by atoms with Crippen LogP contribution in [0.25, 0.3) is 0 Å². The quantitative estimate of drug-likeness (QED) is 0.625. The maximum absolute atomic E-state index is 12.9. The molecular weight excluding hydrogens is 357 g/mol. The molecule has 0 radical (unpaired) electrons. The summed E-state index contributed by atoms with van der Waals surface area (Å²) >= 11 is 0. The predicted octanol–water partition coefficient (Wildman–Crippen LogP) is 3.84. The fourth-order valence-corrected chi connectivity index (χ4v) is 3.05. The van der Waals surface area contributed by atoms with Crippen LogP contribution >= 0.6 is 0 Å². The highest BCUT2D eigenvalue weighted by atomic mass is 19.1. The standard InChI is InChI=1S/C22H24FN3O2/c1-16-14-21(17(2)26(16)15-19-6-4-5-11-24-19)22(27)25(3)12-13-28-20-9-7-18(23)8-10-20/h4-11,14H,12-13,15H2,1-3H3. The van der Waals surface area contributed by atoms with Crippen LogP contribution in [0.2, 0.25) is 0 Å². The molecule has 1 aromatic carbocycles. The second kappa shape index (κ2) is 8.69. The van der Waals surface area contributed by atoms with Gasteiger partial charge in [0.2, 0.25) is 0 Å². The van der Waals surface area contributed by atoms with Gasteiger partial charge < -0.3 is 14.2 Å². The highest BCUT2D eigenvalue weighted by Crippen LogP contribution is 2.18. The Hall–Kier alpha value is -3.15. The van der Waals surface area contributed by atoms with E-state index in [-0.39, 0.29) is 11.7 Å². The van der Waals surface area contributed by atoms with Crippen LogP contribution in [-0.2, 0) is 6.54 Å². The molecule has 0 aliphatic rings. The molecule has 0 N–H and O–H groups in total. The minimum Gasteiger partial charge on any atom is -0.492 e. The third-order valence-corrected chi connectivity index (χ3v) is 4.71. The average molecular weight is 381 g/mol. The third-order valence-electron chi connectivity index (χ3n) is 4.71. The topological polar surface area (TPSA) is 47.4 Å². The van der Waals surface area contributed by atoms with Gasteiger partial charge >= 0.3 is 0 Å². The number of benzene rings is 1. The summed E-state index contributed by atoms with van der Waals surface area (Å²) in [6.45, 7) is 5.33. The molecule has 3 aromatic rings. The van der Waals surface area contributed by atoms with Crippen molar-refractivity contribution in [3.05, 3.63) is 83.2 Å². The van der Waals surface area contributed by atoms with E-state index in [2.05, 4.69) is 9.55 Å². The lowest BCUT2D eigenvalue weighted by Gasteiger charge is -2.18. The lowest BCUT2D eigenvalue weighted by atomic mass is 10.2. The number of carbonyl (C=O) groups excluding carboxylic acids is 1. The number of amides is 1. The van der Waals surface area contributed by atoms with Gasteiger partial charge in [0.15, 0.2) is 0 Å². The van der Waals surface area contributed by atoms with Crippen LogP contribution in [0.1, 0.15) is 27.4 Å². The Bertz CT molecular complexity index is 936. The number of hydrogen-bond donors (Lipinski definition) is 0. The second-order valence-corrected chi connectivity index (χ2v) is 6.72. The van der Waals surface area contributed by atoms with Crippen molar-refractivity contribution < 1.29 is 13.9 Å². The number of likely N-dealkylation sites (N-methyl/N-ethyl adjacent to an activating group) is 1. The van der Waals surface area contributed by atoms with Crippen LogP contribution in [-0.4, -0.2) is 40.6 Å². The van der Waals surface area contributed by atoms with Crippen molar-refractivity contribution in [2.75, 3.05) is 20.2 Å². The lowest BCUT2D eigenvalue weighted by molar-refractivity contribution is 0.0773. The first-order valence-electron chi connectivity index (χ1n) is 9.16. The molecule has 1 amide bonds. The number of carbonyl (C=O) groups is 1. The summed E-state index contributed by atoms with van der Waals surface area (Å²) in [7, 11) is 1.75. The molecule has 0 saturated heterocycles. The molecule has 6 heteroatoms. The van der Waals surface area contributed by atoms with Gasteiger partial charge in [-0.2, -0.15) is 0 Å². The third kappa shape index (κ3) is 4.57. The SMILES string of the molecule is Cc1cc(C(=O)N(C)CCOc2ccc(F)cc2)c(C)n1Cc1ccccn1. The van der Waals surface area contributed by atoms with Crippen molar-refractivity contribution in [2.45, 2.75) is 20.4 Å². The molecule has 0 spiro atoms. The Kier molecular flexibility index (Phi) is 6.09. The molecule has 0 unspecified atom stereocenters. The van der Waals surface area contributed by atoms with Crippen LogP contribution in [0.3, 0.4) is 0 Å². The Morgan fingerprint density at radius 1 is 1.18 bits per heavy atom. The number of pyridine rings is 1. The summed E-state index contributed by atoms with van der Waals surface area (Å²) in [4.78, 5) is 18.9. The van der Waals surface area contributed by atoms with Gasteiger partial charge in [-0.15, -0.1) is 0 Å². The molecule has 28 heavy (non-hydrogen) atoms. The number of ether oxygens (including phenoxy) is 1. The van der Waals surface area contributed by atoms with E-state index in [1.807, 2.05) is 38.1 Å². The number of hydrogen-bond acceptors (Lipinski definition) is 3. The average Bonchev–Trinajstić information content (AvgIpc) is 2.98. The molecule has 0 fully saturated rings. The Balaban J connectivity index is 1.63. The van der Waals surface area contributed by atoms with Crippen molar-refractivity contribution in [3.63, 3.8) is 0 Å². The first-order chi connectivity index (χ1) is 13.5. The fourth-order valence-electron chi connectivity index (χ4n) is 3.05. The molecule has 0 atom stereocenters. The summed E-state index contributed by atoms with van der Waals surface area (Å²) in [6, 6.07) is 13.6. The van der Waals surface area contributed by atoms with Gasteiger partial charge in [0.25, 0.3) is 5.91 Å². The van der Waals surface area contributed by atoms with Crippen LogP contribution in [0.4, 0.5) is 4.39 Å². The zero-order chi connectivity index (χ0) is 20.1. The zero-order valence-corrected chi connectivity index (χ0v) is 16.4.